The molecule has 0 unspecified atom stereocenters. The van der Waals surface area contributed by atoms with Gasteiger partial charge in [-0.15, -0.1) is 0 Å². The van der Waals surface area contributed by atoms with Gasteiger partial charge in [-0.05, 0) is 30.3 Å². The van der Waals surface area contributed by atoms with Crippen molar-refractivity contribution in [1.82, 2.24) is 9.55 Å². The van der Waals surface area contributed by atoms with Gasteiger partial charge < -0.3 is 5.73 Å². The minimum Gasteiger partial charge on any atom is -0.399 e. The normalized spacial score (nSPS) is 12.0. The largest absolute Gasteiger partial charge is 0.399 e. The molecule has 1 aromatic heterocycles. The first-order valence-electron chi connectivity index (χ1n) is 6.91. The average molecular weight is 300 g/mol. The highest BCUT2D eigenvalue weighted by Gasteiger charge is 2.24. The van der Waals surface area contributed by atoms with Crippen molar-refractivity contribution < 1.29 is 0 Å². The third-order valence-electron chi connectivity index (χ3n) is 3.44. The van der Waals surface area contributed by atoms with Crippen LogP contribution in [0.4, 0.5) is 5.69 Å². The molecule has 0 bridgehead atoms. The number of para-hydroxylation sites is 1. The Balaban J connectivity index is 2.42. The van der Waals surface area contributed by atoms with Crippen LogP contribution in [0.15, 0.2) is 42.5 Å². The molecule has 0 saturated carbocycles. The number of hydrogen-bond donors (Lipinski definition) is 1. The van der Waals surface area contributed by atoms with E-state index in [0.717, 1.165) is 22.5 Å². The fourth-order valence-electron chi connectivity index (χ4n) is 2.48. The van der Waals surface area contributed by atoms with Crippen molar-refractivity contribution in [3.63, 3.8) is 0 Å². The Hall–Kier alpha value is -2.00. The molecule has 0 aliphatic carbocycles. The molecule has 21 heavy (non-hydrogen) atoms. The van der Waals surface area contributed by atoms with Crippen LogP contribution in [0, 0.1) is 0 Å². The van der Waals surface area contributed by atoms with Gasteiger partial charge in [0.25, 0.3) is 0 Å². The number of imidazole rings is 1. The maximum absolute atomic E-state index is 6.40. The second kappa shape index (κ2) is 4.78. The molecule has 0 amide bonds. The van der Waals surface area contributed by atoms with E-state index >= 15 is 0 Å². The summed E-state index contributed by atoms with van der Waals surface area (Å²) in [7, 11) is 0. The fraction of sp³-hybridized carbons (Fsp3) is 0.235. The first-order valence-corrected chi connectivity index (χ1v) is 7.29. The van der Waals surface area contributed by atoms with Crippen LogP contribution in [0.5, 0.6) is 0 Å². The molecular weight excluding hydrogens is 282 g/mol. The number of nitrogens with two attached hydrogens (primary N) is 1. The fourth-order valence-corrected chi connectivity index (χ4v) is 2.70. The number of halogens is 1. The van der Waals surface area contributed by atoms with Crippen LogP contribution in [0.3, 0.4) is 0 Å². The predicted molar refractivity (Wildman–Crippen MR) is 89.2 cm³/mol. The summed E-state index contributed by atoms with van der Waals surface area (Å²) in [6.45, 7) is 6.43. The van der Waals surface area contributed by atoms with Gasteiger partial charge in [-0.3, -0.25) is 4.57 Å². The van der Waals surface area contributed by atoms with E-state index in [2.05, 4.69) is 25.3 Å². The van der Waals surface area contributed by atoms with E-state index in [1.54, 1.807) is 0 Å². The smallest absolute Gasteiger partial charge is 0.119 e. The summed E-state index contributed by atoms with van der Waals surface area (Å²) in [6.07, 6.45) is 0. The zero-order valence-corrected chi connectivity index (χ0v) is 13.1. The van der Waals surface area contributed by atoms with Gasteiger partial charge in [0.1, 0.15) is 5.82 Å². The summed E-state index contributed by atoms with van der Waals surface area (Å²) in [5.74, 6) is 0.969. The number of aromatic nitrogens is 2. The first-order chi connectivity index (χ1) is 9.88. The van der Waals surface area contributed by atoms with Crippen molar-refractivity contribution in [1.29, 1.82) is 0 Å². The second-order valence-corrected chi connectivity index (χ2v) is 6.63. The second-order valence-electron chi connectivity index (χ2n) is 6.22. The highest BCUT2D eigenvalue weighted by Crippen LogP contribution is 2.32. The third-order valence-corrected chi connectivity index (χ3v) is 3.76. The van der Waals surface area contributed by atoms with Gasteiger partial charge in [0.05, 0.1) is 21.7 Å². The Labute approximate surface area is 129 Å². The zero-order valence-electron chi connectivity index (χ0n) is 12.4. The van der Waals surface area contributed by atoms with Crippen LogP contribution < -0.4 is 5.73 Å². The van der Waals surface area contributed by atoms with E-state index in [0.29, 0.717) is 10.7 Å². The van der Waals surface area contributed by atoms with E-state index in [4.69, 9.17) is 22.3 Å². The molecule has 0 aliphatic heterocycles. The van der Waals surface area contributed by atoms with Gasteiger partial charge in [0, 0.05) is 11.1 Å². The first kappa shape index (κ1) is 14.0. The van der Waals surface area contributed by atoms with Gasteiger partial charge in [-0.25, -0.2) is 4.98 Å². The maximum Gasteiger partial charge on any atom is 0.119 e. The SMILES string of the molecule is CC(C)(C)c1nc2cc(N)ccc2n1-c1ccccc1Cl. The molecule has 1 heterocycles. The lowest BCUT2D eigenvalue weighted by molar-refractivity contribution is 0.539. The predicted octanol–water partition coefficient (Wildman–Crippen LogP) is 4.56. The molecule has 2 aromatic carbocycles. The quantitative estimate of drug-likeness (QED) is 0.669. The van der Waals surface area contributed by atoms with Crippen molar-refractivity contribution in [2.75, 3.05) is 5.73 Å². The van der Waals surface area contributed by atoms with Crippen LogP contribution >= 0.6 is 11.6 Å². The Kier molecular flexibility index (Phi) is 3.18. The number of nitrogens with zero attached hydrogens (tertiary/aromatic N) is 2. The lowest BCUT2D eigenvalue weighted by Crippen LogP contribution is -2.18. The Morgan fingerprint density at radius 1 is 1.10 bits per heavy atom. The molecule has 3 aromatic rings. The summed E-state index contributed by atoms with van der Waals surface area (Å²) in [6, 6.07) is 13.6. The Morgan fingerprint density at radius 2 is 1.81 bits per heavy atom. The number of benzene rings is 2. The Morgan fingerprint density at radius 3 is 2.48 bits per heavy atom. The summed E-state index contributed by atoms with van der Waals surface area (Å²) < 4.78 is 2.12. The summed E-state index contributed by atoms with van der Waals surface area (Å²) in [5, 5.41) is 0.708. The molecule has 0 spiro atoms. The maximum atomic E-state index is 6.40. The van der Waals surface area contributed by atoms with Crippen molar-refractivity contribution in [2.24, 2.45) is 0 Å². The van der Waals surface area contributed by atoms with Crippen LogP contribution in [-0.4, -0.2) is 9.55 Å². The van der Waals surface area contributed by atoms with E-state index < -0.39 is 0 Å². The number of nitrogen functional groups attached to an aromatic ring is 1. The number of anilines is 1. The molecule has 108 valence electrons. The standard InChI is InChI=1S/C17H18ClN3/c1-17(2,3)16-20-13-10-11(19)8-9-15(13)21(16)14-7-5-4-6-12(14)18/h4-10H,19H2,1-3H3. The monoisotopic (exact) mass is 299 g/mol. The Bertz CT molecular complexity index is 813. The topological polar surface area (TPSA) is 43.8 Å². The van der Waals surface area contributed by atoms with Gasteiger partial charge in [0.15, 0.2) is 0 Å². The minimum atomic E-state index is -0.104. The molecule has 2 N–H and O–H groups in total. The summed E-state index contributed by atoms with van der Waals surface area (Å²) in [4.78, 5) is 4.79. The summed E-state index contributed by atoms with van der Waals surface area (Å²) >= 11 is 6.40. The minimum absolute atomic E-state index is 0.104. The van der Waals surface area contributed by atoms with Crippen molar-refractivity contribution in [2.45, 2.75) is 26.2 Å². The summed E-state index contributed by atoms with van der Waals surface area (Å²) in [5.41, 5.74) is 9.34. The molecule has 0 atom stereocenters. The lowest BCUT2D eigenvalue weighted by atomic mass is 9.95. The number of hydrogen-bond acceptors (Lipinski definition) is 2. The van der Waals surface area contributed by atoms with Crippen molar-refractivity contribution >= 4 is 28.3 Å². The number of fused-ring (bicyclic) bond motifs is 1. The third kappa shape index (κ3) is 2.38. The van der Waals surface area contributed by atoms with E-state index in [-0.39, 0.29) is 5.41 Å². The highest BCUT2D eigenvalue weighted by molar-refractivity contribution is 6.32. The van der Waals surface area contributed by atoms with Crippen LogP contribution in [0.25, 0.3) is 16.7 Å². The molecule has 3 nitrogen and oxygen atoms in total. The molecule has 4 heteroatoms. The van der Waals surface area contributed by atoms with E-state index in [1.807, 2.05) is 42.5 Å². The van der Waals surface area contributed by atoms with Gasteiger partial charge in [0.2, 0.25) is 0 Å². The number of rotatable bonds is 1. The average Bonchev–Trinajstić information content (AvgIpc) is 2.77. The molecule has 0 fully saturated rings. The van der Waals surface area contributed by atoms with Gasteiger partial charge >= 0.3 is 0 Å². The molecule has 0 saturated heterocycles. The van der Waals surface area contributed by atoms with Crippen molar-refractivity contribution in [3.05, 3.63) is 53.3 Å². The highest BCUT2D eigenvalue weighted by atomic mass is 35.5. The molecular formula is C17H18ClN3. The molecule has 0 aliphatic rings. The molecule has 0 radical (unpaired) electrons. The zero-order chi connectivity index (χ0) is 15.2. The van der Waals surface area contributed by atoms with Gasteiger partial charge in [-0.1, -0.05) is 44.5 Å². The van der Waals surface area contributed by atoms with E-state index in [1.165, 1.54) is 0 Å². The lowest BCUT2D eigenvalue weighted by Gasteiger charge is -2.20. The van der Waals surface area contributed by atoms with Gasteiger partial charge in [-0.2, -0.15) is 0 Å². The van der Waals surface area contributed by atoms with Crippen molar-refractivity contribution in [3.8, 4) is 5.69 Å². The van der Waals surface area contributed by atoms with Crippen LogP contribution in [0.2, 0.25) is 5.02 Å². The molecule has 3 rings (SSSR count). The van der Waals surface area contributed by atoms with Crippen LogP contribution in [0.1, 0.15) is 26.6 Å². The van der Waals surface area contributed by atoms with Crippen LogP contribution in [-0.2, 0) is 5.41 Å². The van der Waals surface area contributed by atoms with E-state index in [9.17, 15) is 0 Å².